The van der Waals surface area contributed by atoms with E-state index in [1.54, 1.807) is 13.0 Å². The van der Waals surface area contributed by atoms with Gasteiger partial charge in [-0.1, -0.05) is 30.3 Å². The lowest BCUT2D eigenvalue weighted by molar-refractivity contribution is 0.0487. The fourth-order valence-electron chi connectivity index (χ4n) is 4.13. The number of piperazine rings is 1. The van der Waals surface area contributed by atoms with Crippen molar-refractivity contribution in [2.45, 2.75) is 13.3 Å². The van der Waals surface area contributed by atoms with E-state index < -0.39 is 5.97 Å². The van der Waals surface area contributed by atoms with E-state index in [0.29, 0.717) is 23.3 Å². The summed E-state index contributed by atoms with van der Waals surface area (Å²) in [5, 5.41) is 0. The van der Waals surface area contributed by atoms with Gasteiger partial charge in [0.1, 0.15) is 0 Å². The number of ketones is 1. The summed E-state index contributed by atoms with van der Waals surface area (Å²) in [6.07, 6.45) is 0.453. The fourth-order valence-corrected chi connectivity index (χ4v) is 4.56. The number of Topliss-reactive ketones (excluding diaryl/α,β-unsaturated/α-hetero) is 1. The molecule has 1 aromatic heterocycles. The highest BCUT2D eigenvalue weighted by atomic mass is 79.9. The highest BCUT2D eigenvalue weighted by Crippen LogP contribution is 2.29. The van der Waals surface area contributed by atoms with Crippen LogP contribution in [0.5, 0.6) is 0 Å². The molecule has 2 heterocycles. The second-order valence-corrected chi connectivity index (χ2v) is 9.02. The number of carbonyl (C=O) groups is 2. The largest absolute Gasteiger partial charge is 0.460 e. The van der Waals surface area contributed by atoms with E-state index in [0.717, 1.165) is 48.6 Å². The maximum atomic E-state index is 12.5. The number of nitrogens with zero attached hydrogens (tertiary/aromatic N) is 2. The minimum Gasteiger partial charge on any atom is -0.460 e. The maximum absolute atomic E-state index is 12.5. The molecule has 1 saturated heterocycles. The molecule has 0 spiro atoms. The third-order valence-electron chi connectivity index (χ3n) is 5.95. The third kappa shape index (κ3) is 5.69. The molecule has 7 nitrogen and oxygen atoms in total. The van der Waals surface area contributed by atoms with E-state index in [-0.39, 0.29) is 18.2 Å². The van der Waals surface area contributed by atoms with E-state index >= 15 is 0 Å². The highest BCUT2D eigenvalue weighted by molar-refractivity contribution is 9.10. The molecule has 1 aliphatic heterocycles. The van der Waals surface area contributed by atoms with E-state index in [1.807, 2.05) is 42.5 Å². The summed E-state index contributed by atoms with van der Waals surface area (Å²) >= 11 is 3.31. The van der Waals surface area contributed by atoms with Crippen LogP contribution in [0.25, 0.3) is 0 Å². The number of esters is 1. The summed E-state index contributed by atoms with van der Waals surface area (Å²) in [7, 11) is 0. The molecule has 0 unspecified atom stereocenters. The lowest BCUT2D eigenvalue weighted by Gasteiger charge is -2.36. The van der Waals surface area contributed by atoms with Crippen LogP contribution < -0.4 is 10.6 Å². The average Bonchev–Trinajstić information content (AvgIpc) is 3.22. The SMILES string of the molecule is CCOC(=O)c1oc(Br)cc1Cc1cc(N2CCN(CC(=O)c3ccccc3)CC2)ccc1N. The minimum atomic E-state index is -0.487. The van der Waals surface area contributed by atoms with Gasteiger partial charge in [-0.2, -0.15) is 0 Å². The van der Waals surface area contributed by atoms with Crippen LogP contribution in [-0.2, 0) is 11.2 Å². The van der Waals surface area contributed by atoms with Crippen LogP contribution >= 0.6 is 15.9 Å². The Morgan fingerprint density at radius 2 is 1.76 bits per heavy atom. The second kappa shape index (κ2) is 10.9. The van der Waals surface area contributed by atoms with Crippen molar-refractivity contribution in [3.63, 3.8) is 0 Å². The van der Waals surface area contributed by atoms with Crippen LogP contribution in [-0.4, -0.2) is 56.0 Å². The first-order valence-electron chi connectivity index (χ1n) is 11.3. The molecule has 34 heavy (non-hydrogen) atoms. The highest BCUT2D eigenvalue weighted by Gasteiger charge is 2.22. The van der Waals surface area contributed by atoms with E-state index in [1.165, 1.54) is 0 Å². The quantitative estimate of drug-likeness (QED) is 0.265. The van der Waals surface area contributed by atoms with Crippen molar-refractivity contribution in [1.82, 2.24) is 4.90 Å². The van der Waals surface area contributed by atoms with Gasteiger partial charge in [-0.25, -0.2) is 4.79 Å². The Morgan fingerprint density at radius 1 is 1.03 bits per heavy atom. The molecule has 0 amide bonds. The molecule has 0 aliphatic carbocycles. The number of nitrogens with two attached hydrogens (primary N) is 1. The number of nitrogen functional groups attached to an aromatic ring is 1. The molecule has 0 saturated carbocycles. The molecule has 0 atom stereocenters. The van der Waals surface area contributed by atoms with Crippen LogP contribution in [0.15, 0.2) is 63.7 Å². The number of rotatable bonds is 8. The third-order valence-corrected chi connectivity index (χ3v) is 6.34. The number of ether oxygens (including phenoxy) is 1. The Kier molecular flexibility index (Phi) is 7.70. The predicted molar refractivity (Wildman–Crippen MR) is 135 cm³/mol. The predicted octanol–water partition coefficient (Wildman–Crippen LogP) is 4.40. The molecular formula is C26H28BrN3O4. The Hall–Kier alpha value is -3.10. The fraction of sp³-hybridized carbons (Fsp3) is 0.308. The molecule has 178 valence electrons. The van der Waals surface area contributed by atoms with Crippen molar-refractivity contribution in [2.24, 2.45) is 0 Å². The molecule has 3 aromatic rings. The Balaban J connectivity index is 1.41. The van der Waals surface area contributed by atoms with Crippen LogP contribution in [0.2, 0.25) is 0 Å². The van der Waals surface area contributed by atoms with Crippen molar-refractivity contribution >= 4 is 39.1 Å². The Bertz CT molecular complexity index is 1150. The van der Waals surface area contributed by atoms with Crippen molar-refractivity contribution < 1.29 is 18.7 Å². The van der Waals surface area contributed by atoms with E-state index in [2.05, 4.69) is 31.8 Å². The van der Waals surface area contributed by atoms with Gasteiger partial charge in [-0.15, -0.1) is 0 Å². The first-order chi connectivity index (χ1) is 16.4. The van der Waals surface area contributed by atoms with Crippen molar-refractivity contribution in [3.8, 4) is 0 Å². The van der Waals surface area contributed by atoms with Crippen molar-refractivity contribution in [3.05, 3.63) is 81.7 Å². The van der Waals surface area contributed by atoms with Crippen LogP contribution in [0.4, 0.5) is 11.4 Å². The lowest BCUT2D eigenvalue weighted by Crippen LogP contribution is -2.48. The van der Waals surface area contributed by atoms with Crippen LogP contribution in [0, 0.1) is 0 Å². The number of benzene rings is 2. The van der Waals surface area contributed by atoms with Gasteiger partial charge in [0, 0.05) is 55.1 Å². The normalized spacial score (nSPS) is 14.2. The molecule has 4 rings (SSSR count). The Morgan fingerprint density at radius 3 is 2.47 bits per heavy atom. The number of carbonyl (C=O) groups excluding carboxylic acids is 2. The first kappa shape index (κ1) is 24.0. The standard InChI is InChI=1S/C26H28BrN3O4/c1-2-33-26(32)25-20(16-24(27)34-25)14-19-15-21(8-9-22(19)28)30-12-10-29(11-13-30)17-23(31)18-6-4-3-5-7-18/h3-9,15-16H,2,10-14,17,28H2,1H3. The van der Waals surface area contributed by atoms with Crippen molar-refractivity contribution in [1.29, 1.82) is 0 Å². The van der Waals surface area contributed by atoms with Gasteiger partial charge in [0.15, 0.2) is 10.5 Å². The summed E-state index contributed by atoms with van der Waals surface area (Å²) in [5.74, 6) is -0.151. The summed E-state index contributed by atoms with van der Waals surface area (Å²) in [6, 6.07) is 17.2. The van der Waals surface area contributed by atoms with Gasteiger partial charge in [-0.3, -0.25) is 9.69 Å². The maximum Gasteiger partial charge on any atom is 0.374 e. The molecule has 1 aliphatic rings. The Labute approximate surface area is 207 Å². The summed E-state index contributed by atoms with van der Waals surface area (Å²) in [6.45, 7) is 5.70. The zero-order valence-electron chi connectivity index (χ0n) is 19.1. The van der Waals surface area contributed by atoms with Gasteiger partial charge in [-0.05, 0) is 52.7 Å². The van der Waals surface area contributed by atoms with Crippen LogP contribution in [0.1, 0.15) is 39.0 Å². The minimum absolute atomic E-state index is 0.146. The zero-order valence-corrected chi connectivity index (χ0v) is 20.7. The van der Waals surface area contributed by atoms with Crippen molar-refractivity contribution in [2.75, 3.05) is 50.0 Å². The van der Waals surface area contributed by atoms with Crippen LogP contribution in [0.3, 0.4) is 0 Å². The number of hydrogen-bond acceptors (Lipinski definition) is 7. The average molecular weight is 526 g/mol. The van der Waals surface area contributed by atoms with Gasteiger partial charge >= 0.3 is 5.97 Å². The van der Waals surface area contributed by atoms with E-state index in [4.69, 9.17) is 14.9 Å². The topological polar surface area (TPSA) is 89.0 Å². The second-order valence-electron chi connectivity index (χ2n) is 8.24. The molecule has 8 heteroatoms. The first-order valence-corrected chi connectivity index (χ1v) is 12.1. The molecule has 1 fully saturated rings. The molecular weight excluding hydrogens is 498 g/mol. The van der Waals surface area contributed by atoms with Gasteiger partial charge in [0.05, 0.1) is 13.2 Å². The smallest absolute Gasteiger partial charge is 0.374 e. The van der Waals surface area contributed by atoms with Gasteiger partial charge < -0.3 is 19.8 Å². The van der Waals surface area contributed by atoms with Gasteiger partial charge in [0.25, 0.3) is 0 Å². The molecule has 2 aromatic carbocycles. The number of furan rings is 1. The summed E-state index contributed by atoms with van der Waals surface area (Å²) in [5.41, 5.74) is 10.4. The molecule has 2 N–H and O–H groups in total. The zero-order chi connectivity index (χ0) is 24.1. The number of halogens is 1. The lowest BCUT2D eigenvalue weighted by atomic mass is 10.0. The molecule has 0 radical (unpaired) electrons. The summed E-state index contributed by atoms with van der Waals surface area (Å²) < 4.78 is 11.1. The monoisotopic (exact) mass is 525 g/mol. The number of anilines is 2. The van der Waals surface area contributed by atoms with Gasteiger partial charge in [0.2, 0.25) is 5.76 Å². The molecule has 0 bridgehead atoms. The summed E-state index contributed by atoms with van der Waals surface area (Å²) in [4.78, 5) is 29.3. The number of hydrogen-bond donors (Lipinski definition) is 1. The van der Waals surface area contributed by atoms with E-state index in [9.17, 15) is 9.59 Å².